The van der Waals surface area contributed by atoms with Gasteiger partial charge in [0, 0.05) is 23.7 Å². The van der Waals surface area contributed by atoms with Crippen LogP contribution in [0.2, 0.25) is 0 Å². The molecule has 0 aromatic heterocycles. The molecule has 0 saturated heterocycles. The zero-order valence-electron chi connectivity index (χ0n) is 14.7. The van der Waals surface area contributed by atoms with Crippen LogP contribution >= 0.6 is 11.6 Å². The monoisotopic (exact) mass is 353 g/mol. The maximum Gasteiger partial charge on any atom is 0.107 e. The zero-order chi connectivity index (χ0) is 17.9. The van der Waals surface area contributed by atoms with Gasteiger partial charge in [0.25, 0.3) is 0 Å². The lowest BCUT2D eigenvalue weighted by Gasteiger charge is -2.25. The molecule has 1 atom stereocenters. The van der Waals surface area contributed by atoms with Crippen LogP contribution in [0.4, 0.5) is 5.69 Å². The van der Waals surface area contributed by atoms with Crippen molar-refractivity contribution in [3.8, 4) is 0 Å². The highest BCUT2D eigenvalue weighted by Gasteiger charge is 2.19. The Bertz CT molecular complexity index is 854. The largest absolute Gasteiger partial charge is 0.384 e. The Morgan fingerprint density at radius 2 is 1.56 bits per heavy atom. The van der Waals surface area contributed by atoms with E-state index >= 15 is 0 Å². The number of hydrogen-bond donors (Lipinski definition) is 2. The quantitative estimate of drug-likeness (QED) is 0.565. The van der Waals surface area contributed by atoms with E-state index in [0.717, 1.165) is 34.1 Å². The molecule has 25 heavy (non-hydrogen) atoms. The van der Waals surface area contributed by atoms with Crippen LogP contribution in [0.5, 0.6) is 0 Å². The van der Waals surface area contributed by atoms with Gasteiger partial charge in [0.1, 0.15) is 6.10 Å². The van der Waals surface area contributed by atoms with E-state index in [4.69, 9.17) is 11.6 Å². The Morgan fingerprint density at radius 1 is 0.920 bits per heavy atom. The summed E-state index contributed by atoms with van der Waals surface area (Å²) in [6.07, 6.45) is -0.686. The molecule has 130 valence electrons. The summed E-state index contributed by atoms with van der Waals surface area (Å²) in [4.78, 5) is 0. The van der Waals surface area contributed by atoms with Gasteiger partial charge in [0.15, 0.2) is 0 Å². The van der Waals surface area contributed by atoms with Crippen molar-refractivity contribution in [2.24, 2.45) is 5.41 Å². The van der Waals surface area contributed by atoms with Crippen LogP contribution in [-0.2, 0) is 0 Å². The first-order valence-corrected chi connectivity index (χ1v) is 9.10. The van der Waals surface area contributed by atoms with Crippen molar-refractivity contribution in [3.63, 3.8) is 0 Å². The number of fused-ring (bicyclic) bond motifs is 1. The third kappa shape index (κ3) is 3.97. The molecule has 3 aromatic rings. The lowest BCUT2D eigenvalue weighted by atomic mass is 9.93. The number of anilines is 1. The molecule has 0 saturated carbocycles. The van der Waals surface area contributed by atoms with Crippen molar-refractivity contribution in [1.82, 2.24) is 0 Å². The second kappa shape index (κ2) is 7.47. The third-order valence-corrected chi connectivity index (χ3v) is 5.22. The summed E-state index contributed by atoms with van der Waals surface area (Å²) in [6.45, 7) is 4.99. The highest BCUT2D eigenvalue weighted by Crippen LogP contribution is 2.33. The van der Waals surface area contributed by atoms with Crippen LogP contribution in [0, 0.1) is 5.41 Å². The van der Waals surface area contributed by atoms with Gasteiger partial charge in [-0.25, -0.2) is 0 Å². The molecule has 0 heterocycles. The number of benzene rings is 3. The molecular weight excluding hydrogens is 330 g/mol. The molecule has 0 aliphatic carbocycles. The second-order valence-electron chi connectivity index (χ2n) is 7.21. The average Bonchev–Trinajstić information content (AvgIpc) is 2.65. The predicted octanol–water partition coefficient (Wildman–Crippen LogP) is 5.60. The zero-order valence-corrected chi connectivity index (χ0v) is 15.4. The first-order valence-electron chi connectivity index (χ1n) is 8.56. The van der Waals surface area contributed by atoms with Gasteiger partial charge < -0.3 is 10.4 Å². The number of aliphatic hydroxyl groups excluding tert-OH is 1. The number of aliphatic hydroxyl groups is 1. The number of nitrogens with one attached hydrogen (secondary N) is 1. The molecular formula is C22H24ClNO. The SMILES string of the molecule is CC(C)(CCl)CNc1ccccc1C(O)c1cccc2ccccc12. The van der Waals surface area contributed by atoms with E-state index in [-0.39, 0.29) is 5.41 Å². The molecule has 0 aliphatic rings. The van der Waals surface area contributed by atoms with Gasteiger partial charge in [-0.1, -0.05) is 74.5 Å². The van der Waals surface area contributed by atoms with Crippen LogP contribution < -0.4 is 5.32 Å². The van der Waals surface area contributed by atoms with Crippen LogP contribution in [0.25, 0.3) is 10.8 Å². The molecule has 3 rings (SSSR count). The van der Waals surface area contributed by atoms with Gasteiger partial charge in [-0.15, -0.1) is 11.6 Å². The molecule has 1 unspecified atom stereocenters. The summed E-state index contributed by atoms with van der Waals surface area (Å²) in [5.74, 6) is 0.577. The number of alkyl halides is 1. The maximum absolute atomic E-state index is 11.1. The standard InChI is InChI=1S/C22H24ClNO/c1-22(2,14-23)15-24-20-13-6-5-11-19(20)21(25)18-12-7-9-16-8-3-4-10-17(16)18/h3-13,21,24-25H,14-15H2,1-2H3. The summed E-state index contributed by atoms with van der Waals surface area (Å²) in [5, 5.41) is 16.8. The van der Waals surface area contributed by atoms with Gasteiger partial charge in [-0.2, -0.15) is 0 Å². The molecule has 0 aliphatic heterocycles. The topological polar surface area (TPSA) is 32.3 Å². The van der Waals surface area contributed by atoms with Gasteiger partial charge in [0.05, 0.1) is 0 Å². The maximum atomic E-state index is 11.1. The van der Waals surface area contributed by atoms with Gasteiger partial charge in [-0.05, 0) is 27.8 Å². The van der Waals surface area contributed by atoms with E-state index in [9.17, 15) is 5.11 Å². The van der Waals surface area contributed by atoms with Crippen molar-refractivity contribution in [1.29, 1.82) is 0 Å². The predicted molar refractivity (Wildman–Crippen MR) is 107 cm³/mol. The minimum atomic E-state index is -0.686. The van der Waals surface area contributed by atoms with E-state index in [1.54, 1.807) is 0 Å². The van der Waals surface area contributed by atoms with Crippen molar-refractivity contribution in [2.75, 3.05) is 17.7 Å². The molecule has 0 amide bonds. The molecule has 3 aromatic carbocycles. The lowest BCUT2D eigenvalue weighted by Crippen LogP contribution is -2.25. The minimum absolute atomic E-state index is 0.0148. The van der Waals surface area contributed by atoms with E-state index in [1.807, 2.05) is 48.5 Å². The van der Waals surface area contributed by atoms with Crippen molar-refractivity contribution >= 4 is 28.1 Å². The fourth-order valence-corrected chi connectivity index (χ4v) is 3.03. The first kappa shape index (κ1) is 17.8. The molecule has 0 bridgehead atoms. The molecule has 0 spiro atoms. The van der Waals surface area contributed by atoms with Crippen molar-refractivity contribution in [3.05, 3.63) is 77.9 Å². The highest BCUT2D eigenvalue weighted by atomic mass is 35.5. The van der Waals surface area contributed by atoms with Crippen LogP contribution in [0.1, 0.15) is 31.1 Å². The summed E-state index contributed by atoms with van der Waals surface area (Å²) in [6, 6.07) is 22.1. The Kier molecular flexibility index (Phi) is 5.31. The number of para-hydroxylation sites is 1. The van der Waals surface area contributed by atoms with Crippen molar-refractivity contribution in [2.45, 2.75) is 20.0 Å². The smallest absolute Gasteiger partial charge is 0.107 e. The second-order valence-corrected chi connectivity index (χ2v) is 7.48. The molecule has 2 nitrogen and oxygen atoms in total. The van der Waals surface area contributed by atoms with Gasteiger partial charge in [-0.3, -0.25) is 0 Å². The summed E-state index contributed by atoms with van der Waals surface area (Å²) >= 11 is 6.03. The summed E-state index contributed by atoms with van der Waals surface area (Å²) in [7, 11) is 0. The normalized spacial score (nSPS) is 13.0. The van der Waals surface area contributed by atoms with E-state index in [0.29, 0.717) is 5.88 Å². The summed E-state index contributed by atoms with van der Waals surface area (Å²) < 4.78 is 0. The molecule has 0 fully saturated rings. The molecule has 2 N–H and O–H groups in total. The fraction of sp³-hybridized carbons (Fsp3) is 0.273. The van der Waals surface area contributed by atoms with Gasteiger partial charge >= 0.3 is 0 Å². The number of hydrogen-bond acceptors (Lipinski definition) is 2. The Hall–Kier alpha value is -2.03. The van der Waals surface area contributed by atoms with Crippen molar-refractivity contribution < 1.29 is 5.11 Å². The fourth-order valence-electron chi connectivity index (χ4n) is 2.93. The Morgan fingerprint density at radius 3 is 2.36 bits per heavy atom. The van der Waals surface area contributed by atoms with Crippen LogP contribution in [-0.4, -0.2) is 17.5 Å². The van der Waals surface area contributed by atoms with E-state index in [2.05, 4.69) is 37.4 Å². The third-order valence-electron chi connectivity index (χ3n) is 4.49. The number of halogens is 1. The van der Waals surface area contributed by atoms with Gasteiger partial charge in [0.2, 0.25) is 0 Å². The lowest BCUT2D eigenvalue weighted by molar-refractivity contribution is 0.222. The molecule has 3 heteroatoms. The van der Waals surface area contributed by atoms with Crippen LogP contribution in [0.15, 0.2) is 66.7 Å². The van der Waals surface area contributed by atoms with Crippen LogP contribution in [0.3, 0.4) is 0 Å². The molecule has 0 radical (unpaired) electrons. The first-order chi connectivity index (χ1) is 12.0. The average molecular weight is 354 g/mol. The van der Waals surface area contributed by atoms with E-state index < -0.39 is 6.10 Å². The number of rotatable bonds is 6. The Balaban J connectivity index is 1.96. The summed E-state index contributed by atoms with van der Waals surface area (Å²) in [5.41, 5.74) is 2.73. The minimum Gasteiger partial charge on any atom is -0.384 e. The highest BCUT2D eigenvalue weighted by molar-refractivity contribution is 6.18. The van der Waals surface area contributed by atoms with E-state index in [1.165, 1.54) is 0 Å². The Labute approximate surface area is 154 Å².